The monoisotopic (exact) mass is 437 g/mol. The minimum absolute atomic E-state index is 0.0525. The number of halogens is 2. The van der Waals surface area contributed by atoms with Crippen molar-refractivity contribution in [2.24, 2.45) is 0 Å². The van der Waals surface area contributed by atoms with Crippen LogP contribution >= 0.6 is 15.9 Å². The van der Waals surface area contributed by atoms with Gasteiger partial charge in [-0.25, -0.2) is 4.39 Å². The number of hydrogen-bond donors (Lipinski definition) is 0. The van der Waals surface area contributed by atoms with Crippen LogP contribution in [0, 0.1) is 15.9 Å². The minimum Gasteiger partial charge on any atom is -0.483 e. The molecule has 0 radical (unpaired) electrons. The van der Waals surface area contributed by atoms with Crippen LogP contribution in [0.25, 0.3) is 0 Å². The molecule has 0 aromatic heterocycles. The lowest BCUT2D eigenvalue weighted by Crippen LogP contribution is -2.50. The molecule has 0 aliphatic carbocycles. The average molecular weight is 438 g/mol. The van der Waals surface area contributed by atoms with Crippen LogP contribution < -0.4 is 9.64 Å². The lowest BCUT2D eigenvalue weighted by molar-refractivity contribution is -0.384. The minimum atomic E-state index is -0.431. The van der Waals surface area contributed by atoms with Gasteiger partial charge in [0, 0.05) is 44.0 Å². The normalized spacial score (nSPS) is 14.1. The highest BCUT2D eigenvalue weighted by Crippen LogP contribution is 2.25. The van der Waals surface area contributed by atoms with Crippen LogP contribution in [0.1, 0.15) is 0 Å². The molecule has 1 heterocycles. The SMILES string of the molecule is O=C(COc1ccc(F)cc1Br)N1CCN(c2ccc([N+](=O)[O-])cc2)CC1. The Kier molecular flexibility index (Phi) is 5.90. The summed E-state index contributed by atoms with van der Waals surface area (Å²) in [7, 11) is 0. The third-order valence-electron chi connectivity index (χ3n) is 4.30. The molecule has 0 bridgehead atoms. The Labute approximate surface area is 163 Å². The zero-order valence-corrected chi connectivity index (χ0v) is 15.9. The molecule has 1 amide bonds. The summed E-state index contributed by atoms with van der Waals surface area (Å²) in [6.45, 7) is 2.20. The van der Waals surface area contributed by atoms with Gasteiger partial charge in [0.15, 0.2) is 6.61 Å². The Morgan fingerprint density at radius 2 is 1.81 bits per heavy atom. The number of anilines is 1. The Hall–Kier alpha value is -2.68. The molecule has 0 saturated carbocycles. The van der Waals surface area contributed by atoms with Crippen LogP contribution in [0.5, 0.6) is 5.75 Å². The Morgan fingerprint density at radius 3 is 2.41 bits per heavy atom. The molecule has 1 aliphatic heterocycles. The number of amides is 1. The van der Waals surface area contributed by atoms with Crippen molar-refractivity contribution in [3.8, 4) is 5.75 Å². The van der Waals surface area contributed by atoms with Gasteiger partial charge in [0.1, 0.15) is 11.6 Å². The zero-order chi connectivity index (χ0) is 19.4. The van der Waals surface area contributed by atoms with Crippen molar-refractivity contribution >= 4 is 33.2 Å². The first-order valence-corrected chi connectivity index (χ1v) is 9.08. The van der Waals surface area contributed by atoms with Crippen LogP contribution in [0.3, 0.4) is 0 Å². The van der Waals surface area contributed by atoms with Crippen molar-refractivity contribution in [2.75, 3.05) is 37.7 Å². The van der Waals surface area contributed by atoms with Gasteiger partial charge in [0.2, 0.25) is 0 Å². The summed E-state index contributed by atoms with van der Waals surface area (Å²) in [5.74, 6) is -0.119. The molecular weight excluding hydrogens is 421 g/mol. The number of carbonyl (C=O) groups excluding carboxylic acids is 1. The molecule has 0 spiro atoms. The van der Waals surface area contributed by atoms with E-state index < -0.39 is 4.92 Å². The number of hydrogen-bond acceptors (Lipinski definition) is 5. The molecule has 0 N–H and O–H groups in total. The van der Waals surface area contributed by atoms with E-state index in [9.17, 15) is 19.3 Å². The fourth-order valence-electron chi connectivity index (χ4n) is 2.82. The van der Waals surface area contributed by atoms with Crippen LogP contribution in [0.15, 0.2) is 46.9 Å². The number of carbonyl (C=O) groups is 1. The van der Waals surface area contributed by atoms with Gasteiger partial charge in [-0.05, 0) is 46.3 Å². The molecule has 2 aromatic rings. The number of piperazine rings is 1. The van der Waals surface area contributed by atoms with Gasteiger partial charge in [-0.2, -0.15) is 0 Å². The lowest BCUT2D eigenvalue weighted by Gasteiger charge is -2.36. The van der Waals surface area contributed by atoms with E-state index >= 15 is 0 Å². The fourth-order valence-corrected chi connectivity index (χ4v) is 3.29. The number of nitro benzene ring substituents is 1. The summed E-state index contributed by atoms with van der Waals surface area (Å²) < 4.78 is 19.0. The van der Waals surface area contributed by atoms with Gasteiger partial charge < -0.3 is 14.5 Å². The van der Waals surface area contributed by atoms with Crippen LogP contribution in [0.4, 0.5) is 15.8 Å². The molecule has 1 aliphatic rings. The van der Waals surface area contributed by atoms with E-state index in [0.29, 0.717) is 36.4 Å². The number of ether oxygens (including phenoxy) is 1. The zero-order valence-electron chi connectivity index (χ0n) is 14.3. The highest BCUT2D eigenvalue weighted by atomic mass is 79.9. The molecule has 9 heteroatoms. The average Bonchev–Trinajstić information content (AvgIpc) is 2.67. The maximum Gasteiger partial charge on any atom is 0.269 e. The van der Waals surface area contributed by atoms with E-state index in [4.69, 9.17) is 4.74 Å². The molecule has 2 aromatic carbocycles. The first kappa shape index (κ1) is 19.1. The third-order valence-corrected chi connectivity index (χ3v) is 4.92. The van der Waals surface area contributed by atoms with Crippen LogP contribution in [-0.2, 0) is 4.79 Å². The van der Waals surface area contributed by atoms with Gasteiger partial charge >= 0.3 is 0 Å². The predicted molar refractivity (Wildman–Crippen MR) is 101 cm³/mol. The van der Waals surface area contributed by atoms with Crippen LogP contribution in [-0.4, -0.2) is 48.5 Å². The Bertz CT molecular complexity index is 839. The van der Waals surface area contributed by atoms with E-state index in [1.54, 1.807) is 17.0 Å². The maximum atomic E-state index is 13.1. The van der Waals surface area contributed by atoms with E-state index in [2.05, 4.69) is 20.8 Å². The second kappa shape index (κ2) is 8.34. The standard InChI is InChI=1S/C18H17BrFN3O4/c19-16-11-13(20)1-6-17(16)27-12-18(24)22-9-7-21(8-10-22)14-2-4-15(5-3-14)23(25)26/h1-6,11H,7-10,12H2. The summed E-state index contributed by atoms with van der Waals surface area (Å²) in [5, 5.41) is 10.7. The molecule has 27 heavy (non-hydrogen) atoms. The number of benzene rings is 2. The first-order chi connectivity index (χ1) is 12.9. The number of rotatable bonds is 5. The molecule has 0 atom stereocenters. The van der Waals surface area contributed by atoms with Crippen molar-refractivity contribution < 1.29 is 18.8 Å². The molecule has 1 fully saturated rings. The molecule has 142 valence electrons. The summed E-state index contributed by atoms with van der Waals surface area (Å²) in [6, 6.07) is 10.4. The smallest absolute Gasteiger partial charge is 0.269 e. The van der Waals surface area contributed by atoms with E-state index in [-0.39, 0.29) is 24.0 Å². The lowest BCUT2D eigenvalue weighted by atomic mass is 10.2. The highest BCUT2D eigenvalue weighted by Gasteiger charge is 2.22. The predicted octanol–water partition coefficient (Wildman–Crippen LogP) is 3.22. The second-order valence-corrected chi connectivity index (χ2v) is 6.86. The maximum absolute atomic E-state index is 13.1. The van der Waals surface area contributed by atoms with Crippen molar-refractivity contribution in [2.45, 2.75) is 0 Å². The highest BCUT2D eigenvalue weighted by molar-refractivity contribution is 9.10. The van der Waals surface area contributed by atoms with Crippen molar-refractivity contribution in [3.63, 3.8) is 0 Å². The van der Waals surface area contributed by atoms with Gasteiger partial charge in [0.05, 0.1) is 9.40 Å². The van der Waals surface area contributed by atoms with Gasteiger partial charge in [-0.1, -0.05) is 0 Å². The Balaban J connectivity index is 1.51. The van der Waals surface area contributed by atoms with Gasteiger partial charge in [0.25, 0.3) is 11.6 Å². The van der Waals surface area contributed by atoms with E-state index in [0.717, 1.165) is 5.69 Å². The molecule has 7 nitrogen and oxygen atoms in total. The summed E-state index contributed by atoms with van der Waals surface area (Å²) in [6.07, 6.45) is 0. The number of nitrogens with zero attached hydrogens (tertiary/aromatic N) is 3. The largest absolute Gasteiger partial charge is 0.483 e. The van der Waals surface area contributed by atoms with Gasteiger partial charge in [-0.3, -0.25) is 14.9 Å². The van der Waals surface area contributed by atoms with Gasteiger partial charge in [-0.15, -0.1) is 0 Å². The van der Waals surface area contributed by atoms with E-state index in [1.165, 1.54) is 30.3 Å². The van der Waals surface area contributed by atoms with Crippen LogP contribution in [0.2, 0.25) is 0 Å². The molecule has 3 rings (SSSR count). The fraction of sp³-hybridized carbons (Fsp3) is 0.278. The number of nitro groups is 1. The topological polar surface area (TPSA) is 75.9 Å². The first-order valence-electron chi connectivity index (χ1n) is 8.29. The molecule has 0 unspecified atom stereocenters. The summed E-state index contributed by atoms with van der Waals surface area (Å²) in [4.78, 5) is 26.4. The summed E-state index contributed by atoms with van der Waals surface area (Å²) in [5.41, 5.74) is 0.941. The Morgan fingerprint density at radius 1 is 1.15 bits per heavy atom. The van der Waals surface area contributed by atoms with Crippen molar-refractivity contribution in [1.29, 1.82) is 0 Å². The second-order valence-electron chi connectivity index (χ2n) is 6.00. The van der Waals surface area contributed by atoms with E-state index in [1.807, 2.05) is 0 Å². The van der Waals surface area contributed by atoms with Crippen molar-refractivity contribution in [1.82, 2.24) is 4.90 Å². The quantitative estimate of drug-likeness (QED) is 0.530. The van der Waals surface area contributed by atoms with Crippen molar-refractivity contribution in [3.05, 3.63) is 62.9 Å². The molecule has 1 saturated heterocycles. The summed E-state index contributed by atoms with van der Waals surface area (Å²) >= 11 is 3.20. The molecular formula is C18H17BrFN3O4. The third kappa shape index (κ3) is 4.73. The number of non-ortho nitro benzene ring substituents is 1.